The fourth-order valence-electron chi connectivity index (χ4n) is 4.43. The van der Waals surface area contributed by atoms with Crippen LogP contribution in [0.2, 0.25) is 0 Å². The van der Waals surface area contributed by atoms with Gasteiger partial charge in [-0.2, -0.15) is 4.31 Å². The number of aliphatic hydroxyl groups is 1. The van der Waals surface area contributed by atoms with Gasteiger partial charge >= 0.3 is 0 Å². The van der Waals surface area contributed by atoms with E-state index in [1.165, 1.54) is 4.31 Å². The molecule has 156 valence electrons. The van der Waals surface area contributed by atoms with Gasteiger partial charge in [0.25, 0.3) is 0 Å². The highest BCUT2D eigenvalue weighted by Gasteiger charge is 2.54. The molecule has 2 atom stereocenters. The lowest BCUT2D eigenvalue weighted by Gasteiger charge is -2.50. The van der Waals surface area contributed by atoms with Crippen LogP contribution in [0.25, 0.3) is 0 Å². The lowest BCUT2D eigenvalue weighted by Crippen LogP contribution is -2.62. The number of methoxy groups -OCH3 is 1. The van der Waals surface area contributed by atoms with E-state index in [2.05, 4.69) is 0 Å². The lowest BCUT2D eigenvalue weighted by molar-refractivity contribution is 0.141. The standard InChI is InChI=1S/C22H27NO4S2/c1-3-15-22(21(24)28)20(17-11-13-18(27-2)14-12-17)10-7-16-23(22)29(25,26)19-8-5-4-6-9-19/h4-6,8-9,11-14,20H,3,7,10,15-16H2,1-2H3,(H,24,28). The molecule has 1 heterocycles. The van der Waals surface area contributed by atoms with E-state index in [9.17, 15) is 13.5 Å². The highest BCUT2D eigenvalue weighted by atomic mass is 32.2. The van der Waals surface area contributed by atoms with Crippen LogP contribution >= 0.6 is 12.2 Å². The minimum absolute atomic E-state index is 0.215. The zero-order valence-corrected chi connectivity index (χ0v) is 18.4. The molecular formula is C22H27NO4S2. The van der Waals surface area contributed by atoms with Crippen LogP contribution in [0, 0.1) is 0 Å². The number of nitrogens with zero attached hydrogens (tertiary/aromatic N) is 1. The summed E-state index contributed by atoms with van der Waals surface area (Å²) in [5.41, 5.74) is -0.213. The molecule has 0 amide bonds. The van der Waals surface area contributed by atoms with Crippen molar-refractivity contribution in [3.63, 3.8) is 0 Å². The van der Waals surface area contributed by atoms with Crippen molar-refractivity contribution < 1.29 is 18.3 Å². The molecule has 1 aliphatic rings. The molecule has 0 aromatic heterocycles. The van der Waals surface area contributed by atoms with Crippen LogP contribution in [-0.2, 0) is 10.0 Å². The number of aliphatic hydroxyl groups excluding tert-OH is 1. The van der Waals surface area contributed by atoms with Crippen molar-refractivity contribution in [1.29, 1.82) is 0 Å². The quantitative estimate of drug-likeness (QED) is 0.642. The van der Waals surface area contributed by atoms with Gasteiger partial charge in [0.05, 0.1) is 12.0 Å². The van der Waals surface area contributed by atoms with Crippen LogP contribution in [0.4, 0.5) is 0 Å². The van der Waals surface area contributed by atoms with Crippen LogP contribution in [-0.4, -0.2) is 42.1 Å². The predicted octanol–water partition coefficient (Wildman–Crippen LogP) is 4.69. The van der Waals surface area contributed by atoms with Gasteiger partial charge in [-0.1, -0.05) is 43.7 Å². The molecule has 7 heteroatoms. The van der Waals surface area contributed by atoms with Gasteiger partial charge in [-0.3, -0.25) is 0 Å². The Morgan fingerprint density at radius 2 is 1.86 bits per heavy atom. The molecule has 29 heavy (non-hydrogen) atoms. The van der Waals surface area contributed by atoms with Gasteiger partial charge < -0.3 is 9.84 Å². The summed E-state index contributed by atoms with van der Waals surface area (Å²) in [5.74, 6) is 0.490. The van der Waals surface area contributed by atoms with Gasteiger partial charge in [0.1, 0.15) is 11.3 Å². The van der Waals surface area contributed by atoms with Crippen LogP contribution in [0.3, 0.4) is 0 Å². The third-order valence-corrected chi connectivity index (χ3v) is 8.04. The maximum absolute atomic E-state index is 13.6. The average Bonchev–Trinajstić information content (AvgIpc) is 2.74. The number of ether oxygens (including phenoxy) is 1. The highest BCUT2D eigenvalue weighted by molar-refractivity contribution is 7.89. The van der Waals surface area contributed by atoms with Gasteiger partial charge in [0.15, 0.2) is 5.05 Å². The molecule has 0 radical (unpaired) electrons. The van der Waals surface area contributed by atoms with E-state index >= 15 is 0 Å². The number of thiocarbonyl (C=S) groups is 1. The van der Waals surface area contributed by atoms with Crippen molar-refractivity contribution in [2.75, 3.05) is 13.7 Å². The summed E-state index contributed by atoms with van der Waals surface area (Å²) in [5, 5.41) is 10.5. The third-order valence-electron chi connectivity index (χ3n) is 5.73. The van der Waals surface area contributed by atoms with Crippen molar-refractivity contribution in [3.8, 4) is 5.75 Å². The van der Waals surface area contributed by atoms with Crippen LogP contribution < -0.4 is 4.74 Å². The zero-order valence-electron chi connectivity index (χ0n) is 16.7. The van der Waals surface area contributed by atoms with E-state index in [-0.39, 0.29) is 15.9 Å². The molecule has 0 saturated carbocycles. The molecule has 2 aromatic rings. The fraction of sp³-hybridized carbons (Fsp3) is 0.409. The third kappa shape index (κ3) is 3.91. The van der Waals surface area contributed by atoms with Gasteiger partial charge in [-0.05, 0) is 61.3 Å². The van der Waals surface area contributed by atoms with E-state index in [1.807, 2.05) is 31.2 Å². The first kappa shape index (κ1) is 21.7. The van der Waals surface area contributed by atoms with E-state index < -0.39 is 15.6 Å². The van der Waals surface area contributed by atoms with Crippen molar-refractivity contribution in [2.24, 2.45) is 0 Å². The van der Waals surface area contributed by atoms with Crippen molar-refractivity contribution in [3.05, 3.63) is 60.2 Å². The Bertz CT molecular complexity index is 945. The van der Waals surface area contributed by atoms with Gasteiger partial charge in [0, 0.05) is 12.5 Å². The molecule has 0 bridgehead atoms. The SMILES string of the molecule is CCCC1(C(O)=S)C(c2ccc(OC)cc2)CCCN1S(=O)(=O)c1ccccc1. The molecule has 3 rings (SSSR count). The number of sulfonamides is 1. The number of benzene rings is 2. The first-order valence-corrected chi connectivity index (χ1v) is 11.7. The summed E-state index contributed by atoms with van der Waals surface area (Å²) >= 11 is 5.34. The van der Waals surface area contributed by atoms with Crippen LogP contribution in [0.5, 0.6) is 5.75 Å². The predicted molar refractivity (Wildman–Crippen MR) is 118 cm³/mol. The van der Waals surface area contributed by atoms with Gasteiger partial charge in [0.2, 0.25) is 10.0 Å². The fourth-order valence-corrected chi connectivity index (χ4v) is 6.70. The first-order chi connectivity index (χ1) is 13.9. The number of rotatable bonds is 7. The maximum Gasteiger partial charge on any atom is 0.244 e. The molecule has 1 saturated heterocycles. The Kier molecular flexibility index (Phi) is 6.61. The number of hydrogen-bond donors (Lipinski definition) is 1. The van der Waals surface area contributed by atoms with Crippen molar-refractivity contribution >= 4 is 27.3 Å². The topological polar surface area (TPSA) is 66.8 Å². The summed E-state index contributed by atoms with van der Waals surface area (Å²) in [6, 6.07) is 16.0. The van der Waals surface area contributed by atoms with E-state index in [0.29, 0.717) is 25.8 Å². The first-order valence-electron chi connectivity index (χ1n) is 9.83. The van der Waals surface area contributed by atoms with Crippen LogP contribution in [0.1, 0.15) is 44.1 Å². The van der Waals surface area contributed by atoms with E-state index in [4.69, 9.17) is 17.0 Å². The summed E-state index contributed by atoms with van der Waals surface area (Å²) in [6.07, 6.45) is 2.57. The lowest BCUT2D eigenvalue weighted by atomic mass is 9.72. The Hall–Kier alpha value is -1.96. The minimum atomic E-state index is -3.83. The summed E-state index contributed by atoms with van der Waals surface area (Å²) in [6.45, 7) is 2.30. The monoisotopic (exact) mass is 433 g/mol. The normalized spacial score (nSPS) is 22.9. The molecular weight excluding hydrogens is 406 g/mol. The molecule has 1 fully saturated rings. The Balaban J connectivity index is 2.16. The summed E-state index contributed by atoms with van der Waals surface area (Å²) < 4.78 is 33.9. The molecule has 0 aliphatic carbocycles. The largest absolute Gasteiger partial charge is 0.501 e. The number of piperidine rings is 1. The van der Waals surface area contributed by atoms with Gasteiger partial charge in [-0.15, -0.1) is 0 Å². The second-order valence-electron chi connectivity index (χ2n) is 7.34. The number of hydrogen-bond acceptors (Lipinski definition) is 4. The molecule has 2 unspecified atom stereocenters. The minimum Gasteiger partial charge on any atom is -0.501 e. The molecule has 0 spiro atoms. The summed E-state index contributed by atoms with van der Waals surface area (Å²) in [4.78, 5) is 0.215. The maximum atomic E-state index is 13.6. The summed E-state index contributed by atoms with van der Waals surface area (Å²) in [7, 11) is -2.22. The molecule has 1 aliphatic heterocycles. The Morgan fingerprint density at radius 3 is 2.41 bits per heavy atom. The smallest absolute Gasteiger partial charge is 0.244 e. The Labute approximate surface area is 178 Å². The van der Waals surface area contributed by atoms with Gasteiger partial charge in [-0.25, -0.2) is 8.42 Å². The Morgan fingerprint density at radius 1 is 1.21 bits per heavy atom. The molecule has 1 N–H and O–H groups in total. The van der Waals surface area contributed by atoms with E-state index in [0.717, 1.165) is 17.7 Å². The zero-order chi connectivity index (χ0) is 21.1. The van der Waals surface area contributed by atoms with Crippen LogP contribution in [0.15, 0.2) is 59.5 Å². The highest BCUT2D eigenvalue weighted by Crippen LogP contribution is 2.47. The van der Waals surface area contributed by atoms with E-state index in [1.54, 1.807) is 37.4 Å². The molecule has 5 nitrogen and oxygen atoms in total. The van der Waals surface area contributed by atoms with Crippen molar-refractivity contribution in [2.45, 2.75) is 49.0 Å². The second-order valence-corrected chi connectivity index (χ2v) is 9.59. The average molecular weight is 434 g/mol. The second kappa shape index (κ2) is 8.81. The molecule has 2 aromatic carbocycles. The van der Waals surface area contributed by atoms with Crippen molar-refractivity contribution in [1.82, 2.24) is 4.31 Å².